The number of carboxylic acid groups (broad SMARTS) is 1. The van der Waals surface area contributed by atoms with E-state index in [1.165, 1.54) is 0 Å². The molecule has 0 heterocycles. The van der Waals surface area contributed by atoms with Crippen LogP contribution >= 0.6 is 0 Å². The van der Waals surface area contributed by atoms with Crippen LogP contribution in [0, 0.1) is 0 Å². The van der Waals surface area contributed by atoms with Gasteiger partial charge in [-0.15, -0.1) is 0 Å². The van der Waals surface area contributed by atoms with E-state index in [1.54, 1.807) is 0 Å². The third-order valence-corrected chi connectivity index (χ3v) is 1.24. The summed E-state index contributed by atoms with van der Waals surface area (Å²) in [5.41, 5.74) is 0. The van der Waals surface area contributed by atoms with Crippen LogP contribution in [0.25, 0.3) is 0 Å². The molecule has 60 valence electrons. The summed E-state index contributed by atoms with van der Waals surface area (Å²) in [6.07, 6.45) is 0. The second-order valence-corrected chi connectivity index (χ2v) is 2.53. The topological polar surface area (TPSA) is 80.7 Å². The van der Waals surface area contributed by atoms with Gasteiger partial charge in [0, 0.05) is 0 Å². The van der Waals surface area contributed by atoms with E-state index in [4.69, 9.17) is 5.11 Å². The molecular weight excluding hydrogens is 174 g/mol. The lowest BCUT2D eigenvalue weighted by atomic mass is 11.5. The predicted octanol–water partition coefficient (Wildman–Crippen LogP) is 0.233. The van der Waals surface area contributed by atoms with E-state index in [9.17, 15) is 22.0 Å². The third-order valence-electron chi connectivity index (χ3n) is 0.413. The van der Waals surface area contributed by atoms with E-state index >= 15 is 0 Å². The minimum atomic E-state index is -5.13. The minimum absolute atomic E-state index is 2.44. The summed E-state index contributed by atoms with van der Waals surface area (Å²) in [5.74, 6) is 0. The first-order valence-electron chi connectivity index (χ1n) is 1.80. The Labute approximate surface area is 54.3 Å². The standard InChI is InChI=1S/C2H2F2O5S/c3-1(4)9-10(7,8)2(5)6/h1H,(H,5,6). The summed E-state index contributed by atoms with van der Waals surface area (Å²) in [6, 6.07) is 0. The lowest BCUT2D eigenvalue weighted by molar-refractivity contribution is -0.0440. The zero-order valence-corrected chi connectivity index (χ0v) is 5.14. The van der Waals surface area contributed by atoms with Crippen molar-refractivity contribution in [2.45, 2.75) is 6.61 Å². The molecular formula is C2H2F2O5S. The molecule has 0 aliphatic carbocycles. The molecule has 0 aliphatic rings. The number of hydrogen-bond donors (Lipinski definition) is 1. The summed E-state index contributed by atoms with van der Waals surface area (Å²) in [5, 5.41) is 5.21. The van der Waals surface area contributed by atoms with E-state index < -0.39 is 22.0 Å². The van der Waals surface area contributed by atoms with Gasteiger partial charge in [0.15, 0.2) is 0 Å². The van der Waals surface area contributed by atoms with Gasteiger partial charge in [-0.05, 0) is 0 Å². The summed E-state index contributed by atoms with van der Waals surface area (Å²) in [7, 11) is -5.13. The smallest absolute Gasteiger partial charge is 0.449 e. The first-order chi connectivity index (χ1) is 4.36. The molecule has 0 saturated heterocycles. The number of halogens is 2. The van der Waals surface area contributed by atoms with Crippen LogP contribution in [0.15, 0.2) is 0 Å². The van der Waals surface area contributed by atoms with Gasteiger partial charge in [0.2, 0.25) is 0 Å². The number of rotatable bonds is 2. The number of hydrogen-bond acceptors (Lipinski definition) is 4. The third kappa shape index (κ3) is 2.69. The van der Waals surface area contributed by atoms with Crippen LogP contribution in [0.4, 0.5) is 13.6 Å². The van der Waals surface area contributed by atoms with Crippen molar-refractivity contribution in [3.8, 4) is 0 Å². The van der Waals surface area contributed by atoms with Crippen molar-refractivity contribution in [1.29, 1.82) is 0 Å². The highest BCUT2D eigenvalue weighted by Gasteiger charge is 2.26. The van der Waals surface area contributed by atoms with Gasteiger partial charge in [-0.25, -0.2) is 4.79 Å². The molecule has 0 aromatic carbocycles. The zero-order chi connectivity index (χ0) is 8.36. The Balaban J connectivity index is 4.31. The van der Waals surface area contributed by atoms with Crippen molar-refractivity contribution in [2.24, 2.45) is 0 Å². The molecule has 5 nitrogen and oxygen atoms in total. The van der Waals surface area contributed by atoms with E-state index in [0.29, 0.717) is 0 Å². The first-order valence-corrected chi connectivity index (χ1v) is 3.21. The Bertz CT molecular complexity index is 218. The SMILES string of the molecule is O=C(O)S(=O)(=O)OC(F)F. The Morgan fingerprint density at radius 3 is 2.00 bits per heavy atom. The predicted molar refractivity (Wildman–Crippen MR) is 24.0 cm³/mol. The van der Waals surface area contributed by atoms with Crippen molar-refractivity contribution < 1.29 is 31.3 Å². The van der Waals surface area contributed by atoms with Gasteiger partial charge in [-0.1, -0.05) is 0 Å². The molecule has 0 fully saturated rings. The van der Waals surface area contributed by atoms with E-state index in [-0.39, 0.29) is 0 Å². The number of alkyl halides is 2. The summed E-state index contributed by atoms with van der Waals surface area (Å²) >= 11 is 0. The Morgan fingerprint density at radius 1 is 1.50 bits per heavy atom. The molecule has 0 atom stereocenters. The van der Waals surface area contributed by atoms with Crippen LogP contribution in [0.2, 0.25) is 0 Å². The van der Waals surface area contributed by atoms with Crippen LogP contribution in [0.1, 0.15) is 0 Å². The summed E-state index contributed by atoms with van der Waals surface area (Å²) in [4.78, 5) is 9.51. The van der Waals surface area contributed by atoms with E-state index in [2.05, 4.69) is 4.18 Å². The van der Waals surface area contributed by atoms with Gasteiger partial charge in [0.25, 0.3) is 0 Å². The molecule has 0 amide bonds. The monoisotopic (exact) mass is 176 g/mol. The van der Waals surface area contributed by atoms with Gasteiger partial charge >= 0.3 is 22.0 Å². The highest BCUT2D eigenvalue weighted by molar-refractivity contribution is 8.01. The van der Waals surface area contributed by atoms with Crippen molar-refractivity contribution >= 4 is 15.4 Å². The lowest BCUT2D eigenvalue weighted by Crippen LogP contribution is -2.18. The molecule has 0 spiro atoms. The molecule has 10 heavy (non-hydrogen) atoms. The molecule has 0 unspecified atom stereocenters. The van der Waals surface area contributed by atoms with Gasteiger partial charge in [0.1, 0.15) is 0 Å². The molecule has 8 heteroatoms. The normalized spacial score (nSPS) is 11.9. The second kappa shape index (κ2) is 2.88. The molecule has 0 rings (SSSR count). The van der Waals surface area contributed by atoms with Crippen molar-refractivity contribution in [1.82, 2.24) is 0 Å². The lowest BCUT2D eigenvalue weighted by Gasteiger charge is -1.96. The first kappa shape index (κ1) is 9.24. The van der Waals surface area contributed by atoms with Gasteiger partial charge in [-0.2, -0.15) is 21.4 Å². The largest absolute Gasteiger partial charge is 0.468 e. The maximum absolute atomic E-state index is 11.0. The molecule has 0 radical (unpaired) electrons. The van der Waals surface area contributed by atoms with E-state index in [0.717, 1.165) is 0 Å². The van der Waals surface area contributed by atoms with Crippen LogP contribution in [-0.2, 0) is 14.3 Å². The van der Waals surface area contributed by atoms with Crippen LogP contribution in [0.3, 0.4) is 0 Å². The molecule has 0 aromatic rings. The van der Waals surface area contributed by atoms with Crippen molar-refractivity contribution in [2.75, 3.05) is 0 Å². The molecule has 0 bridgehead atoms. The van der Waals surface area contributed by atoms with Gasteiger partial charge < -0.3 is 5.11 Å². The quantitative estimate of drug-likeness (QED) is 0.609. The highest BCUT2D eigenvalue weighted by atomic mass is 32.2. The fraction of sp³-hybridized carbons (Fsp3) is 0.500. The second-order valence-electron chi connectivity index (χ2n) is 1.08. The molecule has 1 N–H and O–H groups in total. The fourth-order valence-corrected chi connectivity index (χ4v) is 0.411. The van der Waals surface area contributed by atoms with Crippen molar-refractivity contribution in [3.05, 3.63) is 0 Å². The Kier molecular flexibility index (Phi) is 2.66. The average Bonchev–Trinajstić information content (AvgIpc) is 1.60. The van der Waals surface area contributed by atoms with Crippen LogP contribution in [0.5, 0.6) is 0 Å². The fourth-order valence-electron chi connectivity index (χ4n) is 0.137. The zero-order valence-electron chi connectivity index (χ0n) is 4.32. The Hall–Kier alpha value is -0.760. The highest BCUT2D eigenvalue weighted by Crippen LogP contribution is 2.02. The number of carbonyl (C=O) groups is 1. The maximum Gasteiger partial charge on any atom is 0.449 e. The van der Waals surface area contributed by atoms with Crippen LogP contribution in [-0.4, -0.2) is 25.4 Å². The van der Waals surface area contributed by atoms with Gasteiger partial charge in [0.05, 0.1) is 0 Å². The molecule has 0 aromatic heterocycles. The summed E-state index contributed by atoms with van der Waals surface area (Å²) < 4.78 is 44.5. The molecule has 0 saturated carbocycles. The Morgan fingerprint density at radius 2 is 1.90 bits per heavy atom. The van der Waals surface area contributed by atoms with E-state index in [1.807, 2.05) is 0 Å². The maximum atomic E-state index is 11.0. The van der Waals surface area contributed by atoms with Crippen molar-refractivity contribution in [3.63, 3.8) is 0 Å². The van der Waals surface area contributed by atoms with Gasteiger partial charge in [-0.3, -0.25) is 0 Å². The molecule has 0 aliphatic heterocycles. The summed E-state index contributed by atoms with van der Waals surface area (Å²) in [6.45, 7) is -3.64. The van der Waals surface area contributed by atoms with Crippen LogP contribution < -0.4 is 0 Å². The minimum Gasteiger partial charge on any atom is -0.468 e. The average molecular weight is 176 g/mol.